The van der Waals surface area contributed by atoms with E-state index in [9.17, 15) is 0 Å². The van der Waals surface area contributed by atoms with E-state index in [1.165, 1.54) is 0 Å². The second kappa shape index (κ2) is 6.91. The number of hydrogen-bond donors (Lipinski definition) is 1. The molecular formula is C14H20N4O2. The summed E-state index contributed by atoms with van der Waals surface area (Å²) in [5.41, 5.74) is 2.02. The van der Waals surface area contributed by atoms with Crippen LogP contribution in [0.3, 0.4) is 0 Å². The first kappa shape index (κ1) is 14.3. The minimum Gasteiger partial charge on any atom is -0.493 e. The Labute approximate surface area is 118 Å². The van der Waals surface area contributed by atoms with Crippen LogP contribution in [-0.2, 0) is 13.1 Å². The van der Waals surface area contributed by atoms with Crippen molar-refractivity contribution < 1.29 is 9.47 Å². The van der Waals surface area contributed by atoms with Gasteiger partial charge in [-0.25, -0.2) is 4.68 Å². The molecule has 0 saturated carbocycles. The minimum absolute atomic E-state index is 0.652. The smallest absolute Gasteiger partial charge is 0.161 e. The topological polar surface area (TPSA) is 61.2 Å². The molecule has 20 heavy (non-hydrogen) atoms. The SMILES string of the molecule is CCNCc1cn(Cc2ccc(OC)c(OC)c2)nn1. The van der Waals surface area contributed by atoms with Crippen molar-refractivity contribution in [3.05, 3.63) is 35.7 Å². The molecule has 0 atom stereocenters. The molecule has 1 aromatic carbocycles. The van der Waals surface area contributed by atoms with Gasteiger partial charge in [-0.2, -0.15) is 0 Å². The lowest BCUT2D eigenvalue weighted by Gasteiger charge is -2.09. The normalized spacial score (nSPS) is 10.6. The van der Waals surface area contributed by atoms with E-state index in [-0.39, 0.29) is 0 Å². The maximum atomic E-state index is 5.29. The van der Waals surface area contributed by atoms with Crippen LogP contribution in [0.15, 0.2) is 24.4 Å². The molecule has 6 nitrogen and oxygen atoms in total. The van der Waals surface area contributed by atoms with Crippen LogP contribution in [0.25, 0.3) is 0 Å². The third kappa shape index (κ3) is 3.48. The van der Waals surface area contributed by atoms with Gasteiger partial charge in [0.05, 0.1) is 32.7 Å². The molecule has 0 fully saturated rings. The van der Waals surface area contributed by atoms with Gasteiger partial charge in [-0.1, -0.05) is 18.2 Å². The zero-order chi connectivity index (χ0) is 14.4. The number of benzene rings is 1. The van der Waals surface area contributed by atoms with Gasteiger partial charge in [-0.15, -0.1) is 5.10 Å². The second-order valence-electron chi connectivity index (χ2n) is 4.38. The van der Waals surface area contributed by atoms with Gasteiger partial charge >= 0.3 is 0 Å². The lowest BCUT2D eigenvalue weighted by molar-refractivity contribution is 0.354. The molecular weight excluding hydrogens is 256 g/mol. The fourth-order valence-corrected chi connectivity index (χ4v) is 1.92. The van der Waals surface area contributed by atoms with Crippen LogP contribution in [0.4, 0.5) is 0 Å². The molecule has 0 unspecified atom stereocenters. The van der Waals surface area contributed by atoms with Crippen molar-refractivity contribution in [2.75, 3.05) is 20.8 Å². The fraction of sp³-hybridized carbons (Fsp3) is 0.429. The highest BCUT2D eigenvalue weighted by Crippen LogP contribution is 2.27. The number of aromatic nitrogens is 3. The van der Waals surface area contributed by atoms with Crippen LogP contribution in [0.5, 0.6) is 11.5 Å². The van der Waals surface area contributed by atoms with E-state index < -0.39 is 0 Å². The molecule has 1 heterocycles. The molecule has 1 N–H and O–H groups in total. The molecule has 0 aliphatic heterocycles. The molecule has 2 rings (SSSR count). The monoisotopic (exact) mass is 276 g/mol. The first-order chi connectivity index (χ1) is 9.76. The maximum Gasteiger partial charge on any atom is 0.161 e. The number of hydrogen-bond acceptors (Lipinski definition) is 5. The summed E-state index contributed by atoms with van der Waals surface area (Å²) in [6.07, 6.45) is 1.94. The van der Waals surface area contributed by atoms with E-state index in [1.807, 2.05) is 29.1 Å². The summed E-state index contributed by atoms with van der Waals surface area (Å²) in [6.45, 7) is 4.37. The quantitative estimate of drug-likeness (QED) is 0.829. The van der Waals surface area contributed by atoms with Crippen LogP contribution >= 0.6 is 0 Å². The van der Waals surface area contributed by atoms with Crippen molar-refractivity contribution in [3.8, 4) is 11.5 Å². The fourth-order valence-electron chi connectivity index (χ4n) is 1.92. The standard InChI is InChI=1S/C14H20N4O2/c1-4-15-8-12-10-18(17-16-12)9-11-5-6-13(19-2)14(7-11)20-3/h5-7,10,15H,4,8-9H2,1-3H3. The van der Waals surface area contributed by atoms with Crippen LogP contribution in [-0.4, -0.2) is 35.8 Å². The van der Waals surface area contributed by atoms with Gasteiger partial charge in [0.2, 0.25) is 0 Å². The van der Waals surface area contributed by atoms with Crippen molar-refractivity contribution in [2.45, 2.75) is 20.0 Å². The summed E-state index contributed by atoms with van der Waals surface area (Å²) in [6, 6.07) is 5.84. The van der Waals surface area contributed by atoms with Crippen LogP contribution in [0.2, 0.25) is 0 Å². The van der Waals surface area contributed by atoms with Gasteiger partial charge in [0, 0.05) is 6.54 Å². The first-order valence-corrected chi connectivity index (χ1v) is 6.57. The van der Waals surface area contributed by atoms with E-state index in [4.69, 9.17) is 9.47 Å². The number of rotatable bonds is 7. The van der Waals surface area contributed by atoms with Crippen molar-refractivity contribution >= 4 is 0 Å². The Kier molecular flexibility index (Phi) is 4.95. The van der Waals surface area contributed by atoms with Crippen molar-refractivity contribution in [2.24, 2.45) is 0 Å². The highest BCUT2D eigenvalue weighted by atomic mass is 16.5. The van der Waals surface area contributed by atoms with E-state index >= 15 is 0 Å². The van der Waals surface area contributed by atoms with Gasteiger partial charge < -0.3 is 14.8 Å². The summed E-state index contributed by atoms with van der Waals surface area (Å²) < 4.78 is 12.3. The third-order valence-corrected chi connectivity index (χ3v) is 2.93. The summed E-state index contributed by atoms with van der Waals surface area (Å²) in [5, 5.41) is 11.5. The molecule has 0 spiro atoms. The Hall–Kier alpha value is -2.08. The van der Waals surface area contributed by atoms with Crippen LogP contribution in [0, 0.1) is 0 Å². The van der Waals surface area contributed by atoms with Crippen molar-refractivity contribution in [3.63, 3.8) is 0 Å². The average molecular weight is 276 g/mol. The van der Waals surface area contributed by atoms with E-state index in [2.05, 4.69) is 22.6 Å². The summed E-state index contributed by atoms with van der Waals surface area (Å²) in [7, 11) is 3.26. The number of methoxy groups -OCH3 is 2. The average Bonchev–Trinajstić information content (AvgIpc) is 2.92. The second-order valence-corrected chi connectivity index (χ2v) is 4.38. The molecule has 6 heteroatoms. The summed E-state index contributed by atoms with van der Waals surface area (Å²) in [5.74, 6) is 1.45. The molecule has 0 aliphatic rings. The number of ether oxygens (including phenoxy) is 2. The molecule has 0 aliphatic carbocycles. The molecule has 0 saturated heterocycles. The minimum atomic E-state index is 0.652. The van der Waals surface area contributed by atoms with E-state index in [1.54, 1.807) is 14.2 Å². The van der Waals surface area contributed by atoms with Gasteiger partial charge in [-0.3, -0.25) is 0 Å². The highest BCUT2D eigenvalue weighted by Gasteiger charge is 2.06. The lowest BCUT2D eigenvalue weighted by Crippen LogP contribution is -2.11. The summed E-state index contributed by atoms with van der Waals surface area (Å²) >= 11 is 0. The largest absolute Gasteiger partial charge is 0.493 e. The molecule has 1 aromatic heterocycles. The predicted octanol–water partition coefficient (Wildman–Crippen LogP) is 1.45. The maximum absolute atomic E-state index is 5.29. The van der Waals surface area contributed by atoms with Crippen molar-refractivity contribution in [1.82, 2.24) is 20.3 Å². The summed E-state index contributed by atoms with van der Waals surface area (Å²) in [4.78, 5) is 0. The predicted molar refractivity (Wildman–Crippen MR) is 76.1 cm³/mol. The van der Waals surface area contributed by atoms with Gasteiger partial charge in [0.25, 0.3) is 0 Å². The first-order valence-electron chi connectivity index (χ1n) is 6.57. The molecule has 0 bridgehead atoms. The third-order valence-electron chi connectivity index (χ3n) is 2.93. The number of nitrogens with one attached hydrogen (secondary N) is 1. The molecule has 2 aromatic rings. The van der Waals surface area contributed by atoms with Crippen LogP contribution in [0.1, 0.15) is 18.2 Å². The Morgan fingerprint density at radius 2 is 2.00 bits per heavy atom. The zero-order valence-electron chi connectivity index (χ0n) is 12.1. The van der Waals surface area contributed by atoms with Gasteiger partial charge in [-0.05, 0) is 24.2 Å². The number of nitrogens with zero attached hydrogens (tertiary/aromatic N) is 3. The lowest BCUT2D eigenvalue weighted by atomic mass is 10.2. The highest BCUT2D eigenvalue weighted by molar-refractivity contribution is 5.42. The van der Waals surface area contributed by atoms with E-state index in [0.29, 0.717) is 6.54 Å². The van der Waals surface area contributed by atoms with Gasteiger partial charge in [0.15, 0.2) is 11.5 Å². The van der Waals surface area contributed by atoms with Crippen molar-refractivity contribution in [1.29, 1.82) is 0 Å². The Bertz CT molecular complexity index is 554. The molecule has 108 valence electrons. The van der Waals surface area contributed by atoms with E-state index in [0.717, 1.165) is 35.8 Å². The zero-order valence-corrected chi connectivity index (χ0v) is 12.1. The Morgan fingerprint density at radius 3 is 2.70 bits per heavy atom. The van der Waals surface area contributed by atoms with Crippen LogP contribution < -0.4 is 14.8 Å². The Balaban J connectivity index is 2.07. The Morgan fingerprint density at radius 1 is 1.20 bits per heavy atom. The molecule has 0 amide bonds. The molecule has 0 radical (unpaired) electrons. The van der Waals surface area contributed by atoms with Gasteiger partial charge in [0.1, 0.15) is 0 Å².